The minimum absolute atomic E-state index is 0.0237. The van der Waals surface area contributed by atoms with Crippen molar-refractivity contribution in [1.82, 2.24) is 10.4 Å². The third kappa shape index (κ3) is 3.57. The molecular weight excluding hydrogens is 270 g/mol. The summed E-state index contributed by atoms with van der Waals surface area (Å²) in [7, 11) is 0. The van der Waals surface area contributed by atoms with Gasteiger partial charge in [-0.1, -0.05) is 23.7 Å². The molecule has 20 heavy (non-hydrogen) atoms. The first-order valence-corrected chi connectivity index (χ1v) is 7.03. The number of pyridine rings is 1. The molecule has 1 heterocycles. The normalized spacial score (nSPS) is 12.4. The van der Waals surface area contributed by atoms with E-state index in [1.54, 1.807) is 0 Å². The van der Waals surface area contributed by atoms with Crippen LogP contribution in [0.5, 0.6) is 0 Å². The zero-order valence-electron chi connectivity index (χ0n) is 12.1. The maximum absolute atomic E-state index is 6.30. The van der Waals surface area contributed by atoms with Crippen molar-refractivity contribution in [2.75, 3.05) is 0 Å². The molecule has 0 spiro atoms. The van der Waals surface area contributed by atoms with Gasteiger partial charge in [0.1, 0.15) is 0 Å². The summed E-state index contributed by atoms with van der Waals surface area (Å²) in [6, 6.07) is 10.2. The molecule has 1 aromatic carbocycles. The second-order valence-electron chi connectivity index (χ2n) is 5.20. The van der Waals surface area contributed by atoms with Crippen LogP contribution >= 0.6 is 11.6 Å². The van der Waals surface area contributed by atoms with Gasteiger partial charge in [0.15, 0.2) is 0 Å². The quantitative estimate of drug-likeness (QED) is 0.670. The first-order valence-electron chi connectivity index (χ1n) is 6.66. The number of halogens is 1. The lowest BCUT2D eigenvalue weighted by Crippen LogP contribution is -2.29. The number of benzene rings is 1. The van der Waals surface area contributed by atoms with Gasteiger partial charge in [0, 0.05) is 16.4 Å². The van der Waals surface area contributed by atoms with Crippen molar-refractivity contribution in [1.29, 1.82) is 0 Å². The maximum atomic E-state index is 6.30. The summed E-state index contributed by atoms with van der Waals surface area (Å²) in [6.45, 7) is 6.01. The molecule has 0 saturated carbocycles. The zero-order valence-corrected chi connectivity index (χ0v) is 12.8. The standard InChI is InChI=1S/C16H20ClN3/c1-10-4-5-13(15(17)6-10)9-16(20-18)14-7-11(2)19-12(3)8-14/h4-8,16,20H,9,18H2,1-3H3. The van der Waals surface area contributed by atoms with Crippen LogP contribution in [-0.4, -0.2) is 4.98 Å². The van der Waals surface area contributed by atoms with Crippen molar-refractivity contribution in [3.63, 3.8) is 0 Å². The molecule has 0 fully saturated rings. The minimum Gasteiger partial charge on any atom is -0.271 e. The maximum Gasteiger partial charge on any atom is 0.0502 e. The lowest BCUT2D eigenvalue weighted by atomic mass is 9.98. The molecule has 2 rings (SSSR count). The molecule has 0 amide bonds. The van der Waals surface area contributed by atoms with E-state index in [2.05, 4.69) is 34.7 Å². The fourth-order valence-electron chi connectivity index (χ4n) is 2.38. The lowest BCUT2D eigenvalue weighted by Gasteiger charge is -2.18. The number of rotatable bonds is 4. The second-order valence-corrected chi connectivity index (χ2v) is 5.61. The van der Waals surface area contributed by atoms with E-state index >= 15 is 0 Å². The summed E-state index contributed by atoms with van der Waals surface area (Å²) >= 11 is 6.30. The molecule has 1 aromatic heterocycles. The van der Waals surface area contributed by atoms with Gasteiger partial charge in [-0.05, 0) is 62.1 Å². The molecule has 4 heteroatoms. The van der Waals surface area contributed by atoms with Crippen LogP contribution < -0.4 is 11.3 Å². The van der Waals surface area contributed by atoms with Crippen molar-refractivity contribution in [3.05, 3.63) is 63.4 Å². The number of hydrazine groups is 1. The Hall–Kier alpha value is -1.42. The van der Waals surface area contributed by atoms with E-state index in [9.17, 15) is 0 Å². The molecule has 2 aromatic rings. The van der Waals surface area contributed by atoms with Gasteiger partial charge in [-0.15, -0.1) is 0 Å². The predicted octanol–water partition coefficient (Wildman–Crippen LogP) is 3.41. The molecule has 0 saturated heterocycles. The van der Waals surface area contributed by atoms with Gasteiger partial charge < -0.3 is 0 Å². The van der Waals surface area contributed by atoms with Crippen LogP contribution in [0.4, 0.5) is 0 Å². The van der Waals surface area contributed by atoms with E-state index in [4.69, 9.17) is 17.4 Å². The van der Waals surface area contributed by atoms with Gasteiger partial charge in [0.05, 0.1) is 6.04 Å². The average molecular weight is 290 g/mol. The van der Waals surface area contributed by atoms with E-state index in [1.165, 1.54) is 0 Å². The molecule has 1 unspecified atom stereocenters. The molecular formula is C16H20ClN3. The van der Waals surface area contributed by atoms with Crippen LogP contribution in [0.2, 0.25) is 5.02 Å². The largest absolute Gasteiger partial charge is 0.271 e. The van der Waals surface area contributed by atoms with Crippen molar-refractivity contribution in [3.8, 4) is 0 Å². The molecule has 0 aliphatic carbocycles. The Balaban J connectivity index is 2.28. The topological polar surface area (TPSA) is 50.9 Å². The predicted molar refractivity (Wildman–Crippen MR) is 83.7 cm³/mol. The Morgan fingerprint density at radius 1 is 1.15 bits per heavy atom. The number of hydrogen-bond acceptors (Lipinski definition) is 3. The summed E-state index contributed by atoms with van der Waals surface area (Å²) in [5.41, 5.74) is 8.25. The summed E-state index contributed by atoms with van der Waals surface area (Å²) in [5.74, 6) is 5.72. The summed E-state index contributed by atoms with van der Waals surface area (Å²) in [4.78, 5) is 4.39. The molecule has 0 aliphatic rings. The van der Waals surface area contributed by atoms with Gasteiger partial charge in [-0.3, -0.25) is 16.3 Å². The number of aromatic nitrogens is 1. The SMILES string of the molecule is Cc1ccc(CC(NN)c2cc(C)nc(C)c2)c(Cl)c1. The monoisotopic (exact) mass is 289 g/mol. The molecule has 106 valence electrons. The fraction of sp³-hybridized carbons (Fsp3) is 0.312. The van der Waals surface area contributed by atoms with Crippen LogP contribution in [0, 0.1) is 20.8 Å². The van der Waals surface area contributed by atoms with Crippen LogP contribution in [0.15, 0.2) is 30.3 Å². The number of aryl methyl sites for hydroxylation is 3. The minimum atomic E-state index is 0.0237. The van der Waals surface area contributed by atoms with Crippen LogP contribution in [0.25, 0.3) is 0 Å². The molecule has 3 nitrogen and oxygen atoms in total. The molecule has 3 N–H and O–H groups in total. The number of nitrogens with zero attached hydrogens (tertiary/aromatic N) is 1. The highest BCUT2D eigenvalue weighted by Gasteiger charge is 2.13. The fourth-order valence-corrected chi connectivity index (χ4v) is 2.69. The van der Waals surface area contributed by atoms with Gasteiger partial charge in [0.25, 0.3) is 0 Å². The number of hydrogen-bond donors (Lipinski definition) is 2. The molecule has 0 bridgehead atoms. The Bertz CT molecular complexity index is 590. The highest BCUT2D eigenvalue weighted by Crippen LogP contribution is 2.24. The number of nitrogens with one attached hydrogen (secondary N) is 1. The van der Waals surface area contributed by atoms with Crippen LogP contribution in [-0.2, 0) is 6.42 Å². The Morgan fingerprint density at radius 3 is 2.35 bits per heavy atom. The van der Waals surface area contributed by atoms with E-state index in [-0.39, 0.29) is 6.04 Å². The van der Waals surface area contributed by atoms with E-state index in [1.807, 2.05) is 26.8 Å². The third-order valence-corrected chi connectivity index (χ3v) is 3.69. The highest BCUT2D eigenvalue weighted by molar-refractivity contribution is 6.31. The number of nitrogens with two attached hydrogens (primary N) is 1. The zero-order chi connectivity index (χ0) is 14.7. The van der Waals surface area contributed by atoms with Crippen LogP contribution in [0.3, 0.4) is 0 Å². The van der Waals surface area contributed by atoms with Crippen molar-refractivity contribution in [2.24, 2.45) is 5.84 Å². The summed E-state index contributed by atoms with van der Waals surface area (Å²) in [6.07, 6.45) is 0.749. The average Bonchev–Trinajstić information content (AvgIpc) is 2.36. The molecule has 0 radical (unpaired) electrons. The first-order chi connectivity index (χ1) is 9.49. The second kappa shape index (κ2) is 6.35. The smallest absolute Gasteiger partial charge is 0.0502 e. The first kappa shape index (κ1) is 15.0. The molecule has 1 atom stereocenters. The Morgan fingerprint density at radius 2 is 1.80 bits per heavy atom. The van der Waals surface area contributed by atoms with Crippen molar-refractivity contribution in [2.45, 2.75) is 33.2 Å². The van der Waals surface area contributed by atoms with E-state index in [0.29, 0.717) is 0 Å². The molecule has 0 aliphatic heterocycles. The Labute approximate surface area is 125 Å². The van der Waals surface area contributed by atoms with E-state index in [0.717, 1.165) is 39.5 Å². The van der Waals surface area contributed by atoms with Gasteiger partial charge in [-0.25, -0.2) is 0 Å². The Kier molecular flexibility index (Phi) is 4.76. The van der Waals surface area contributed by atoms with Gasteiger partial charge >= 0.3 is 0 Å². The van der Waals surface area contributed by atoms with Crippen molar-refractivity contribution >= 4 is 11.6 Å². The third-order valence-electron chi connectivity index (χ3n) is 3.34. The summed E-state index contributed by atoms with van der Waals surface area (Å²) in [5, 5.41) is 0.785. The van der Waals surface area contributed by atoms with Gasteiger partial charge in [-0.2, -0.15) is 0 Å². The lowest BCUT2D eigenvalue weighted by molar-refractivity contribution is 0.550. The van der Waals surface area contributed by atoms with Crippen molar-refractivity contribution < 1.29 is 0 Å². The van der Waals surface area contributed by atoms with Gasteiger partial charge in [0.2, 0.25) is 0 Å². The highest BCUT2D eigenvalue weighted by atomic mass is 35.5. The van der Waals surface area contributed by atoms with Crippen LogP contribution in [0.1, 0.15) is 34.1 Å². The summed E-state index contributed by atoms with van der Waals surface area (Å²) < 4.78 is 0. The van der Waals surface area contributed by atoms with E-state index < -0.39 is 0 Å².